The summed E-state index contributed by atoms with van der Waals surface area (Å²) in [4.78, 5) is 35.5. The van der Waals surface area contributed by atoms with E-state index in [9.17, 15) is 19.7 Å². The average molecular weight is 420 g/mol. The Morgan fingerprint density at radius 3 is 2.70 bits per heavy atom. The number of nitrogens with zero attached hydrogens (tertiary/aromatic N) is 2. The van der Waals surface area contributed by atoms with Gasteiger partial charge in [0, 0.05) is 12.1 Å². The first-order chi connectivity index (χ1) is 12.9. The summed E-state index contributed by atoms with van der Waals surface area (Å²) < 4.78 is 0.136. The van der Waals surface area contributed by atoms with Crippen molar-refractivity contribution in [2.45, 2.75) is 0 Å². The minimum absolute atomic E-state index is 0.0914. The van der Waals surface area contributed by atoms with Crippen LogP contribution in [0.2, 0.25) is 5.02 Å². The predicted octanol–water partition coefficient (Wildman–Crippen LogP) is 3.79. The van der Waals surface area contributed by atoms with Crippen LogP contribution in [0.3, 0.4) is 0 Å². The third-order valence-corrected chi connectivity index (χ3v) is 5.14. The van der Waals surface area contributed by atoms with Gasteiger partial charge in [-0.1, -0.05) is 47.6 Å². The molecule has 10 heteroatoms. The number of nitrogens with one attached hydrogen (secondary N) is 1. The monoisotopic (exact) mass is 419 g/mol. The van der Waals surface area contributed by atoms with Crippen LogP contribution < -0.4 is 5.43 Å². The van der Waals surface area contributed by atoms with E-state index in [0.717, 1.165) is 16.8 Å². The summed E-state index contributed by atoms with van der Waals surface area (Å²) in [5, 5.41) is 12.1. The van der Waals surface area contributed by atoms with Crippen LogP contribution in [0, 0.1) is 10.1 Å². The number of hydrogen-bond donors (Lipinski definition) is 1. The Morgan fingerprint density at radius 2 is 2.00 bits per heavy atom. The average Bonchev–Trinajstić information content (AvgIpc) is 2.89. The molecule has 0 unspecified atom stereocenters. The molecule has 1 heterocycles. The highest BCUT2D eigenvalue weighted by Gasteiger charge is 2.34. The standard InChI is InChI=1S/C17H10ClN3O4S2/c18-13-7-2-1-6-12(13)15(22)19-20-16(23)14(27-17(20)26)9-10-4-3-5-11(8-10)21(24)25/h1-9H,(H,19,22)/b14-9-. The lowest BCUT2D eigenvalue weighted by Gasteiger charge is -2.16. The fourth-order valence-corrected chi connectivity index (χ4v) is 3.65. The van der Waals surface area contributed by atoms with Crippen molar-refractivity contribution in [2.24, 2.45) is 0 Å². The second-order valence-electron chi connectivity index (χ2n) is 5.29. The molecular formula is C17H10ClN3O4S2. The number of nitro benzene ring substituents is 1. The van der Waals surface area contributed by atoms with Gasteiger partial charge in [-0.3, -0.25) is 25.1 Å². The van der Waals surface area contributed by atoms with Gasteiger partial charge in [0.1, 0.15) is 0 Å². The van der Waals surface area contributed by atoms with Crippen LogP contribution in [0.15, 0.2) is 53.4 Å². The topological polar surface area (TPSA) is 92.6 Å². The van der Waals surface area contributed by atoms with Gasteiger partial charge in [-0.15, -0.1) is 0 Å². The molecular weight excluding hydrogens is 410 g/mol. The maximum absolute atomic E-state index is 12.6. The predicted molar refractivity (Wildman–Crippen MR) is 107 cm³/mol. The molecule has 0 aromatic heterocycles. The summed E-state index contributed by atoms with van der Waals surface area (Å²) in [5.74, 6) is -1.11. The molecule has 0 bridgehead atoms. The first-order valence-corrected chi connectivity index (χ1v) is 9.05. The Labute approximate surface area is 168 Å². The van der Waals surface area contributed by atoms with Crippen molar-refractivity contribution in [1.82, 2.24) is 10.4 Å². The van der Waals surface area contributed by atoms with Crippen molar-refractivity contribution in [3.63, 3.8) is 0 Å². The molecule has 1 saturated heterocycles. The molecule has 0 aliphatic carbocycles. The number of thioether (sulfide) groups is 1. The second-order valence-corrected chi connectivity index (χ2v) is 7.37. The van der Waals surface area contributed by atoms with Crippen LogP contribution in [0.5, 0.6) is 0 Å². The summed E-state index contributed by atoms with van der Waals surface area (Å²) in [6.45, 7) is 0. The molecule has 2 aromatic rings. The fourth-order valence-electron chi connectivity index (χ4n) is 2.25. The van der Waals surface area contributed by atoms with E-state index >= 15 is 0 Å². The van der Waals surface area contributed by atoms with Crippen molar-refractivity contribution in [2.75, 3.05) is 0 Å². The molecule has 0 saturated carbocycles. The first kappa shape index (κ1) is 19.0. The number of carbonyl (C=O) groups is 2. The van der Waals surface area contributed by atoms with Gasteiger partial charge in [-0.05, 0) is 36.0 Å². The Hall–Kier alpha value is -2.75. The number of benzene rings is 2. The smallest absolute Gasteiger partial charge is 0.267 e. The van der Waals surface area contributed by atoms with Crippen LogP contribution in [-0.2, 0) is 4.79 Å². The Bertz CT molecular complexity index is 1010. The number of hydrazine groups is 1. The number of nitro groups is 1. The van der Waals surface area contributed by atoms with E-state index in [1.807, 2.05) is 0 Å². The minimum Gasteiger partial charge on any atom is -0.267 e. The Morgan fingerprint density at radius 1 is 1.26 bits per heavy atom. The lowest BCUT2D eigenvalue weighted by molar-refractivity contribution is -0.384. The molecule has 1 N–H and O–H groups in total. The van der Waals surface area contributed by atoms with E-state index in [1.165, 1.54) is 30.3 Å². The molecule has 2 aromatic carbocycles. The number of halogens is 1. The highest BCUT2D eigenvalue weighted by molar-refractivity contribution is 8.26. The fraction of sp³-hybridized carbons (Fsp3) is 0. The molecule has 1 fully saturated rings. The van der Waals surface area contributed by atoms with Crippen molar-refractivity contribution >= 4 is 63.5 Å². The van der Waals surface area contributed by atoms with E-state index < -0.39 is 16.7 Å². The van der Waals surface area contributed by atoms with Crippen LogP contribution in [0.25, 0.3) is 6.08 Å². The maximum Gasteiger partial charge on any atom is 0.285 e. The molecule has 27 heavy (non-hydrogen) atoms. The summed E-state index contributed by atoms with van der Waals surface area (Å²) in [6.07, 6.45) is 1.48. The molecule has 7 nitrogen and oxygen atoms in total. The number of hydrogen-bond acceptors (Lipinski definition) is 6. The zero-order valence-electron chi connectivity index (χ0n) is 13.4. The summed E-state index contributed by atoms with van der Waals surface area (Å²) in [7, 11) is 0. The third-order valence-electron chi connectivity index (χ3n) is 3.50. The second kappa shape index (κ2) is 7.87. The number of amides is 2. The highest BCUT2D eigenvalue weighted by atomic mass is 35.5. The molecule has 136 valence electrons. The number of non-ortho nitro benzene ring substituents is 1. The van der Waals surface area contributed by atoms with Gasteiger partial charge < -0.3 is 0 Å². The van der Waals surface area contributed by atoms with Gasteiger partial charge in [0.15, 0.2) is 4.32 Å². The summed E-state index contributed by atoms with van der Waals surface area (Å²) >= 11 is 12.1. The minimum atomic E-state index is -0.575. The lowest BCUT2D eigenvalue weighted by atomic mass is 10.2. The molecule has 0 atom stereocenters. The van der Waals surface area contributed by atoms with Crippen LogP contribution in [0.4, 0.5) is 5.69 Å². The zero-order valence-corrected chi connectivity index (χ0v) is 15.8. The normalized spacial score (nSPS) is 15.3. The third kappa shape index (κ3) is 4.16. The SMILES string of the molecule is O=C(NN1C(=O)/C(=C/c2cccc([N+](=O)[O-])c2)SC1=S)c1ccccc1Cl. The maximum atomic E-state index is 12.6. The van der Waals surface area contributed by atoms with Gasteiger partial charge in [-0.2, -0.15) is 5.01 Å². The summed E-state index contributed by atoms with van der Waals surface area (Å²) in [5.41, 5.74) is 3.02. The van der Waals surface area contributed by atoms with Gasteiger partial charge >= 0.3 is 0 Å². The number of thiocarbonyl (C=S) groups is 1. The largest absolute Gasteiger partial charge is 0.285 e. The van der Waals surface area contributed by atoms with Gasteiger partial charge in [0.05, 0.1) is 20.4 Å². The van der Waals surface area contributed by atoms with E-state index in [4.69, 9.17) is 23.8 Å². The first-order valence-electron chi connectivity index (χ1n) is 7.45. The highest BCUT2D eigenvalue weighted by Crippen LogP contribution is 2.32. The van der Waals surface area contributed by atoms with Gasteiger partial charge in [0.25, 0.3) is 17.5 Å². The van der Waals surface area contributed by atoms with Crippen molar-refractivity contribution < 1.29 is 14.5 Å². The van der Waals surface area contributed by atoms with Crippen molar-refractivity contribution in [3.05, 3.63) is 79.7 Å². The van der Waals surface area contributed by atoms with E-state index in [-0.39, 0.29) is 25.5 Å². The van der Waals surface area contributed by atoms with Gasteiger partial charge in [-0.25, -0.2) is 0 Å². The quantitative estimate of drug-likeness (QED) is 0.351. The molecule has 3 rings (SSSR count). The molecule has 2 amide bonds. The van der Waals surface area contributed by atoms with E-state index in [2.05, 4.69) is 5.43 Å². The summed E-state index contributed by atoms with van der Waals surface area (Å²) in [6, 6.07) is 12.2. The zero-order chi connectivity index (χ0) is 19.6. The number of rotatable bonds is 4. The van der Waals surface area contributed by atoms with E-state index in [1.54, 1.807) is 24.3 Å². The van der Waals surface area contributed by atoms with Crippen molar-refractivity contribution in [1.29, 1.82) is 0 Å². The molecule has 1 aliphatic rings. The van der Waals surface area contributed by atoms with Gasteiger partial charge in [0.2, 0.25) is 0 Å². The van der Waals surface area contributed by atoms with Crippen LogP contribution in [0.1, 0.15) is 15.9 Å². The Balaban J connectivity index is 1.81. The Kier molecular flexibility index (Phi) is 5.54. The van der Waals surface area contributed by atoms with E-state index in [0.29, 0.717) is 5.56 Å². The lowest BCUT2D eigenvalue weighted by Crippen LogP contribution is -2.44. The van der Waals surface area contributed by atoms with Crippen LogP contribution >= 0.6 is 35.6 Å². The molecule has 0 spiro atoms. The molecule has 0 radical (unpaired) electrons. The number of carbonyl (C=O) groups excluding carboxylic acids is 2. The van der Waals surface area contributed by atoms with Crippen LogP contribution in [-0.4, -0.2) is 26.1 Å². The van der Waals surface area contributed by atoms with Crippen molar-refractivity contribution in [3.8, 4) is 0 Å². The molecule has 1 aliphatic heterocycles.